The van der Waals surface area contributed by atoms with Gasteiger partial charge in [0, 0.05) is 15.2 Å². The second-order valence-electron chi connectivity index (χ2n) is 4.34. The van der Waals surface area contributed by atoms with Crippen molar-refractivity contribution < 1.29 is 4.39 Å². The lowest BCUT2D eigenvalue weighted by Crippen LogP contribution is -2.08. The van der Waals surface area contributed by atoms with Crippen LogP contribution in [-0.4, -0.2) is 0 Å². The van der Waals surface area contributed by atoms with Crippen LogP contribution in [0.5, 0.6) is 0 Å². The van der Waals surface area contributed by atoms with Gasteiger partial charge in [-0.15, -0.1) is 0 Å². The van der Waals surface area contributed by atoms with Crippen LogP contribution < -0.4 is 5.32 Å². The van der Waals surface area contributed by atoms with E-state index >= 15 is 0 Å². The maximum Gasteiger partial charge on any atom is 0.124 e. The third-order valence-corrected chi connectivity index (χ3v) is 3.88. The summed E-state index contributed by atoms with van der Waals surface area (Å²) in [6.45, 7) is 1.93. The Labute approximate surface area is 130 Å². The van der Waals surface area contributed by atoms with Gasteiger partial charge >= 0.3 is 0 Å². The first-order valence-electron chi connectivity index (χ1n) is 5.92. The van der Waals surface area contributed by atoms with E-state index in [9.17, 15) is 4.39 Å². The SMILES string of the molecule is CC(Nc1ccc(C#N)cc1Br)c1ccc(F)cc1Cl. The van der Waals surface area contributed by atoms with Gasteiger partial charge < -0.3 is 5.32 Å². The zero-order chi connectivity index (χ0) is 14.7. The van der Waals surface area contributed by atoms with E-state index in [2.05, 4.69) is 27.3 Å². The van der Waals surface area contributed by atoms with E-state index in [4.69, 9.17) is 16.9 Å². The fraction of sp³-hybridized carbons (Fsp3) is 0.133. The molecule has 2 nitrogen and oxygen atoms in total. The normalized spacial score (nSPS) is 11.8. The van der Waals surface area contributed by atoms with Crippen LogP contribution in [0.25, 0.3) is 0 Å². The molecule has 20 heavy (non-hydrogen) atoms. The lowest BCUT2D eigenvalue weighted by molar-refractivity contribution is 0.626. The average molecular weight is 354 g/mol. The standard InChI is InChI=1S/C15H11BrClFN2/c1-9(12-4-3-11(18)7-14(12)17)20-15-5-2-10(8-19)6-13(15)16/h2-7,9,20H,1H3. The second-order valence-corrected chi connectivity index (χ2v) is 5.60. The molecule has 2 aromatic rings. The third-order valence-electron chi connectivity index (χ3n) is 2.90. The Bertz CT molecular complexity index is 682. The number of halogens is 3. The highest BCUT2D eigenvalue weighted by atomic mass is 79.9. The number of rotatable bonds is 3. The molecule has 2 aromatic carbocycles. The van der Waals surface area contributed by atoms with Gasteiger partial charge in [-0.3, -0.25) is 0 Å². The van der Waals surface area contributed by atoms with Crippen molar-refractivity contribution in [3.8, 4) is 6.07 Å². The molecule has 0 radical (unpaired) electrons. The number of benzene rings is 2. The van der Waals surface area contributed by atoms with E-state index in [0.717, 1.165) is 15.7 Å². The maximum absolute atomic E-state index is 13.0. The monoisotopic (exact) mass is 352 g/mol. The molecule has 0 amide bonds. The molecule has 0 aliphatic rings. The van der Waals surface area contributed by atoms with Crippen molar-refractivity contribution in [3.05, 3.63) is 62.8 Å². The number of hydrogen-bond donors (Lipinski definition) is 1. The molecule has 0 bridgehead atoms. The topological polar surface area (TPSA) is 35.8 Å². The minimum Gasteiger partial charge on any atom is -0.378 e. The molecule has 0 aliphatic heterocycles. The molecular weight excluding hydrogens is 343 g/mol. The molecule has 1 unspecified atom stereocenters. The summed E-state index contributed by atoms with van der Waals surface area (Å²) in [7, 11) is 0. The summed E-state index contributed by atoms with van der Waals surface area (Å²) < 4.78 is 13.8. The summed E-state index contributed by atoms with van der Waals surface area (Å²) >= 11 is 9.46. The van der Waals surface area contributed by atoms with Gasteiger partial charge in [-0.1, -0.05) is 17.7 Å². The van der Waals surface area contributed by atoms with Gasteiger partial charge in [0.1, 0.15) is 5.82 Å². The molecule has 0 fully saturated rings. The summed E-state index contributed by atoms with van der Waals surface area (Å²) in [5.74, 6) is -0.356. The van der Waals surface area contributed by atoms with Crippen LogP contribution >= 0.6 is 27.5 Å². The van der Waals surface area contributed by atoms with Gasteiger partial charge in [0.2, 0.25) is 0 Å². The van der Waals surface area contributed by atoms with E-state index in [0.29, 0.717) is 10.6 Å². The van der Waals surface area contributed by atoms with Crippen LogP contribution in [-0.2, 0) is 0 Å². The summed E-state index contributed by atoms with van der Waals surface area (Å²) in [5.41, 5.74) is 2.23. The van der Waals surface area contributed by atoms with E-state index in [1.165, 1.54) is 12.1 Å². The molecule has 0 spiro atoms. The van der Waals surface area contributed by atoms with Crippen LogP contribution in [0.15, 0.2) is 40.9 Å². The van der Waals surface area contributed by atoms with Gasteiger partial charge in [0.05, 0.1) is 17.7 Å². The number of nitrogens with one attached hydrogen (secondary N) is 1. The molecule has 0 saturated heterocycles. The molecule has 1 N–H and O–H groups in total. The Hall–Kier alpha value is -1.57. The van der Waals surface area contributed by atoms with Gasteiger partial charge in [-0.25, -0.2) is 4.39 Å². The van der Waals surface area contributed by atoms with Crippen LogP contribution in [0.2, 0.25) is 5.02 Å². The Morgan fingerprint density at radius 3 is 2.65 bits per heavy atom. The highest BCUT2D eigenvalue weighted by molar-refractivity contribution is 9.10. The molecule has 1 atom stereocenters. The molecule has 0 heterocycles. The Morgan fingerprint density at radius 1 is 1.30 bits per heavy atom. The van der Waals surface area contributed by atoms with Crippen LogP contribution in [0.1, 0.15) is 24.1 Å². The molecule has 0 saturated carbocycles. The molecule has 5 heteroatoms. The fourth-order valence-electron chi connectivity index (χ4n) is 1.87. The molecular formula is C15H11BrClFN2. The summed E-state index contributed by atoms with van der Waals surface area (Å²) in [5, 5.41) is 12.5. The number of hydrogen-bond acceptors (Lipinski definition) is 2. The largest absolute Gasteiger partial charge is 0.378 e. The molecule has 102 valence electrons. The first kappa shape index (κ1) is 14.8. The second kappa shape index (κ2) is 6.25. The first-order chi connectivity index (χ1) is 9.51. The Balaban J connectivity index is 2.23. The van der Waals surface area contributed by atoms with Gasteiger partial charge in [-0.2, -0.15) is 5.26 Å². The van der Waals surface area contributed by atoms with Crippen LogP contribution in [0.4, 0.5) is 10.1 Å². The van der Waals surface area contributed by atoms with Crippen molar-refractivity contribution in [2.45, 2.75) is 13.0 Å². The lowest BCUT2D eigenvalue weighted by Gasteiger charge is -2.18. The van der Waals surface area contributed by atoms with Crippen LogP contribution in [0.3, 0.4) is 0 Å². The van der Waals surface area contributed by atoms with E-state index < -0.39 is 0 Å². The minimum absolute atomic E-state index is 0.0904. The van der Waals surface area contributed by atoms with Crippen LogP contribution in [0, 0.1) is 17.1 Å². The predicted octanol–water partition coefficient (Wildman–Crippen LogP) is 5.29. The highest BCUT2D eigenvalue weighted by Gasteiger charge is 2.12. The maximum atomic E-state index is 13.0. The number of nitriles is 1. The summed E-state index contributed by atoms with van der Waals surface area (Å²) in [6.07, 6.45) is 0. The van der Waals surface area contributed by atoms with E-state index in [1.807, 2.05) is 13.0 Å². The first-order valence-corrected chi connectivity index (χ1v) is 7.09. The smallest absolute Gasteiger partial charge is 0.124 e. The van der Waals surface area contributed by atoms with Gasteiger partial charge in [-0.05, 0) is 58.7 Å². The van der Waals surface area contributed by atoms with Crippen molar-refractivity contribution >= 4 is 33.2 Å². The molecule has 0 aliphatic carbocycles. The van der Waals surface area contributed by atoms with E-state index in [1.54, 1.807) is 18.2 Å². The molecule has 2 rings (SSSR count). The van der Waals surface area contributed by atoms with Crippen molar-refractivity contribution in [1.82, 2.24) is 0 Å². The summed E-state index contributed by atoms with van der Waals surface area (Å²) in [6, 6.07) is 11.6. The minimum atomic E-state index is -0.356. The highest BCUT2D eigenvalue weighted by Crippen LogP contribution is 2.30. The van der Waals surface area contributed by atoms with Gasteiger partial charge in [0.25, 0.3) is 0 Å². The predicted molar refractivity (Wildman–Crippen MR) is 82.3 cm³/mol. The zero-order valence-corrected chi connectivity index (χ0v) is 13.0. The quantitative estimate of drug-likeness (QED) is 0.814. The third kappa shape index (κ3) is 3.30. The summed E-state index contributed by atoms with van der Waals surface area (Å²) in [4.78, 5) is 0. The number of anilines is 1. The Kier molecular flexibility index (Phi) is 4.64. The van der Waals surface area contributed by atoms with Crippen molar-refractivity contribution in [3.63, 3.8) is 0 Å². The lowest BCUT2D eigenvalue weighted by atomic mass is 10.1. The van der Waals surface area contributed by atoms with Crippen molar-refractivity contribution in [2.24, 2.45) is 0 Å². The van der Waals surface area contributed by atoms with Crippen molar-refractivity contribution in [2.75, 3.05) is 5.32 Å². The van der Waals surface area contributed by atoms with Crippen molar-refractivity contribution in [1.29, 1.82) is 5.26 Å². The zero-order valence-electron chi connectivity index (χ0n) is 10.6. The van der Waals surface area contributed by atoms with Gasteiger partial charge in [0.15, 0.2) is 0 Å². The molecule has 0 aromatic heterocycles. The average Bonchev–Trinajstić information content (AvgIpc) is 2.40. The fourth-order valence-corrected chi connectivity index (χ4v) is 2.69. The Morgan fingerprint density at radius 2 is 2.05 bits per heavy atom. The van der Waals surface area contributed by atoms with E-state index in [-0.39, 0.29) is 11.9 Å². The number of nitrogens with zero attached hydrogens (tertiary/aromatic N) is 1.